The van der Waals surface area contributed by atoms with E-state index in [1.165, 1.54) is 32.2 Å². The highest BCUT2D eigenvalue weighted by atomic mass is 32.2. The van der Waals surface area contributed by atoms with Crippen LogP contribution in [0.2, 0.25) is 0 Å². The van der Waals surface area contributed by atoms with Crippen LogP contribution in [-0.4, -0.2) is 92.1 Å². The molecule has 0 aromatic heterocycles. The first kappa shape index (κ1) is 26.4. The third-order valence-corrected chi connectivity index (χ3v) is 8.58. The number of nitrogens with zero attached hydrogens (tertiary/aromatic N) is 3. The fourth-order valence-electron chi connectivity index (χ4n) is 5.78. The molecule has 3 rings (SSSR count). The minimum atomic E-state index is -3.61. The van der Waals surface area contributed by atoms with Gasteiger partial charge >= 0.3 is 0 Å². The number of hydrogen-bond acceptors (Lipinski definition) is 6. The van der Waals surface area contributed by atoms with Gasteiger partial charge in [-0.1, -0.05) is 45.4 Å². The molecule has 0 radical (unpaired) electrons. The monoisotopic (exact) mass is 485 g/mol. The van der Waals surface area contributed by atoms with Crippen molar-refractivity contribution >= 4 is 21.8 Å². The second-order valence-corrected chi connectivity index (χ2v) is 11.8. The summed E-state index contributed by atoms with van der Waals surface area (Å²) in [5.74, 6) is -0.628. The zero-order chi connectivity index (χ0) is 23.8. The zero-order valence-corrected chi connectivity index (χ0v) is 21.4. The Kier molecular flexibility index (Phi) is 10.0. The van der Waals surface area contributed by atoms with E-state index in [9.17, 15) is 18.0 Å². The minimum Gasteiger partial charge on any atom is -0.379 e. The van der Waals surface area contributed by atoms with E-state index in [1.54, 1.807) is 0 Å². The van der Waals surface area contributed by atoms with Crippen molar-refractivity contribution in [2.75, 3.05) is 45.6 Å². The predicted octanol–water partition coefficient (Wildman–Crippen LogP) is 2.63. The Morgan fingerprint density at radius 2 is 1.64 bits per heavy atom. The number of morpholine rings is 1. The summed E-state index contributed by atoms with van der Waals surface area (Å²) in [7, 11) is -3.61. The van der Waals surface area contributed by atoms with Crippen molar-refractivity contribution < 1.29 is 22.7 Å². The summed E-state index contributed by atoms with van der Waals surface area (Å²) in [5, 5.41) is 0. The first-order valence-corrected chi connectivity index (χ1v) is 14.8. The molecular weight excluding hydrogens is 442 g/mol. The fourth-order valence-corrected chi connectivity index (χ4v) is 6.97. The maximum absolute atomic E-state index is 13.0. The topological polar surface area (TPSA) is 87.2 Å². The maximum Gasteiger partial charge on any atom is 0.241 e. The molecule has 3 saturated heterocycles. The number of sulfonamides is 1. The Bertz CT molecular complexity index is 753. The van der Waals surface area contributed by atoms with E-state index in [1.807, 2.05) is 11.8 Å². The molecule has 0 unspecified atom stereocenters. The predicted molar refractivity (Wildman–Crippen MR) is 128 cm³/mol. The molecule has 0 aromatic rings. The van der Waals surface area contributed by atoms with Gasteiger partial charge in [-0.2, -0.15) is 0 Å². The highest BCUT2D eigenvalue weighted by Gasteiger charge is 2.56. The van der Waals surface area contributed by atoms with E-state index in [4.69, 9.17) is 4.74 Å². The number of fused-ring (bicyclic) bond motifs is 1. The molecule has 190 valence electrons. The molecule has 3 heterocycles. The third-order valence-electron chi connectivity index (χ3n) is 7.41. The summed E-state index contributed by atoms with van der Waals surface area (Å²) in [5.41, 5.74) is 0. The van der Waals surface area contributed by atoms with Gasteiger partial charge in [-0.15, -0.1) is 0 Å². The minimum absolute atomic E-state index is 0.0808. The molecule has 3 atom stereocenters. The summed E-state index contributed by atoms with van der Waals surface area (Å²) < 4.78 is 30.9. The lowest BCUT2D eigenvalue weighted by molar-refractivity contribution is -0.134. The Hall–Kier alpha value is -1.19. The molecule has 9 heteroatoms. The lowest BCUT2D eigenvalue weighted by atomic mass is 9.94. The van der Waals surface area contributed by atoms with Gasteiger partial charge in [0, 0.05) is 26.1 Å². The van der Waals surface area contributed by atoms with Gasteiger partial charge in [0.25, 0.3) is 0 Å². The van der Waals surface area contributed by atoms with Gasteiger partial charge in [-0.05, 0) is 32.2 Å². The van der Waals surface area contributed by atoms with Crippen LogP contribution in [0.3, 0.4) is 0 Å². The largest absolute Gasteiger partial charge is 0.379 e. The number of rotatable bonds is 13. The van der Waals surface area contributed by atoms with E-state index >= 15 is 0 Å². The molecule has 0 N–H and O–H groups in total. The molecule has 0 aromatic carbocycles. The molecule has 3 fully saturated rings. The zero-order valence-electron chi connectivity index (χ0n) is 20.5. The first-order chi connectivity index (χ1) is 15.8. The molecule has 2 amide bonds. The number of likely N-dealkylation sites (tertiary alicyclic amines) is 1. The van der Waals surface area contributed by atoms with Crippen LogP contribution in [0.25, 0.3) is 0 Å². The molecule has 0 spiro atoms. The Morgan fingerprint density at radius 3 is 2.27 bits per heavy atom. The van der Waals surface area contributed by atoms with Crippen molar-refractivity contribution in [1.82, 2.24) is 14.1 Å². The van der Waals surface area contributed by atoms with Crippen molar-refractivity contribution in [3.63, 3.8) is 0 Å². The van der Waals surface area contributed by atoms with E-state index in [-0.39, 0.29) is 23.9 Å². The van der Waals surface area contributed by atoms with Gasteiger partial charge in [0.05, 0.1) is 37.5 Å². The highest BCUT2D eigenvalue weighted by Crippen LogP contribution is 2.40. The first-order valence-electron chi connectivity index (χ1n) is 13.0. The number of carbonyl (C=O) groups excluding carboxylic acids is 2. The van der Waals surface area contributed by atoms with Gasteiger partial charge in [-0.3, -0.25) is 14.5 Å². The van der Waals surface area contributed by atoms with Crippen molar-refractivity contribution in [1.29, 1.82) is 0 Å². The van der Waals surface area contributed by atoms with Crippen LogP contribution >= 0.6 is 0 Å². The van der Waals surface area contributed by atoms with Crippen molar-refractivity contribution in [2.24, 2.45) is 5.92 Å². The van der Waals surface area contributed by atoms with E-state index in [0.717, 1.165) is 62.5 Å². The molecule has 33 heavy (non-hydrogen) atoms. The molecule has 0 saturated carbocycles. The van der Waals surface area contributed by atoms with E-state index in [2.05, 4.69) is 4.90 Å². The Balaban J connectivity index is 1.34. The van der Waals surface area contributed by atoms with Crippen LogP contribution in [0.5, 0.6) is 0 Å². The van der Waals surface area contributed by atoms with E-state index in [0.29, 0.717) is 25.8 Å². The van der Waals surface area contributed by atoms with Crippen molar-refractivity contribution in [2.45, 2.75) is 89.6 Å². The number of ether oxygens (including phenoxy) is 1. The molecule has 0 aliphatic carbocycles. The number of unbranched alkanes of at least 4 members (excludes halogenated alkanes) is 6. The van der Waals surface area contributed by atoms with Gasteiger partial charge in [0.2, 0.25) is 21.8 Å². The lowest BCUT2D eigenvalue weighted by Crippen LogP contribution is -2.43. The SMILES string of the molecule is CCC[C@H]1C(=O)N(S(C)(=O)=O)[C@H]2CCN(C(=O)CCCCCCCCCN3CCOCC3)[C@H]12. The Morgan fingerprint density at radius 1 is 1.00 bits per heavy atom. The molecular formula is C24H43N3O5S. The van der Waals surface area contributed by atoms with Crippen molar-refractivity contribution in [3.8, 4) is 0 Å². The summed E-state index contributed by atoms with van der Waals surface area (Å²) >= 11 is 0. The van der Waals surface area contributed by atoms with Crippen LogP contribution in [0, 0.1) is 5.92 Å². The smallest absolute Gasteiger partial charge is 0.241 e. The quantitative estimate of drug-likeness (QED) is 0.373. The summed E-state index contributed by atoms with van der Waals surface area (Å²) in [4.78, 5) is 30.1. The van der Waals surface area contributed by atoms with Gasteiger partial charge < -0.3 is 9.64 Å². The number of hydrogen-bond donors (Lipinski definition) is 0. The van der Waals surface area contributed by atoms with Crippen LogP contribution < -0.4 is 0 Å². The van der Waals surface area contributed by atoms with Crippen LogP contribution in [-0.2, 0) is 24.3 Å². The van der Waals surface area contributed by atoms with Crippen LogP contribution in [0.1, 0.15) is 77.6 Å². The van der Waals surface area contributed by atoms with Gasteiger partial charge in [0.15, 0.2) is 0 Å². The summed E-state index contributed by atoms with van der Waals surface area (Å²) in [6.07, 6.45) is 11.6. The molecule has 8 nitrogen and oxygen atoms in total. The van der Waals surface area contributed by atoms with Crippen LogP contribution in [0.4, 0.5) is 0 Å². The second-order valence-electron chi connectivity index (χ2n) is 9.90. The lowest BCUT2D eigenvalue weighted by Gasteiger charge is -2.27. The maximum atomic E-state index is 13.0. The average molecular weight is 486 g/mol. The number of carbonyl (C=O) groups is 2. The standard InChI is InChI=1S/C24H43N3O5S/c1-3-11-20-23-21(27(24(20)29)33(2,30)31)13-15-26(23)22(28)12-9-7-5-4-6-8-10-14-25-16-18-32-19-17-25/h20-21,23H,3-19H2,1-2H3/t20-,21+,23-/m1/s1. The molecule has 0 bridgehead atoms. The highest BCUT2D eigenvalue weighted by molar-refractivity contribution is 7.88. The summed E-state index contributed by atoms with van der Waals surface area (Å²) in [6, 6.07) is -0.670. The fraction of sp³-hybridized carbons (Fsp3) is 0.917. The molecule has 3 aliphatic rings. The van der Waals surface area contributed by atoms with Gasteiger partial charge in [0.1, 0.15) is 0 Å². The normalized spacial score (nSPS) is 26.2. The van der Waals surface area contributed by atoms with Crippen molar-refractivity contribution in [3.05, 3.63) is 0 Å². The third kappa shape index (κ3) is 6.92. The summed E-state index contributed by atoms with van der Waals surface area (Å²) in [6.45, 7) is 7.57. The number of amides is 2. The Labute approximate surface area is 200 Å². The van der Waals surface area contributed by atoms with E-state index < -0.39 is 15.9 Å². The second kappa shape index (κ2) is 12.5. The van der Waals surface area contributed by atoms with Crippen LogP contribution in [0.15, 0.2) is 0 Å². The average Bonchev–Trinajstić information content (AvgIpc) is 3.31. The van der Waals surface area contributed by atoms with Gasteiger partial charge in [-0.25, -0.2) is 12.7 Å². The molecule has 3 aliphatic heterocycles.